The Balaban J connectivity index is 2.40. The lowest BCUT2D eigenvalue weighted by Crippen LogP contribution is -2.51. The van der Waals surface area contributed by atoms with E-state index in [4.69, 9.17) is 11.6 Å². The predicted molar refractivity (Wildman–Crippen MR) is 137 cm³/mol. The Morgan fingerprint density at radius 3 is 2.15 bits per heavy atom. The fraction of sp³-hybridized carbons (Fsp3) is 0.440. The summed E-state index contributed by atoms with van der Waals surface area (Å²) in [7, 11) is -3.77. The minimum atomic E-state index is -3.77. The van der Waals surface area contributed by atoms with Crippen LogP contribution in [0, 0.1) is 0 Å². The van der Waals surface area contributed by atoms with E-state index in [0.29, 0.717) is 22.8 Å². The number of nitrogens with zero attached hydrogens (tertiary/aromatic N) is 2. The van der Waals surface area contributed by atoms with Gasteiger partial charge in [-0.3, -0.25) is 13.9 Å². The van der Waals surface area contributed by atoms with Crippen molar-refractivity contribution >= 4 is 39.1 Å². The van der Waals surface area contributed by atoms with E-state index in [1.54, 1.807) is 50.2 Å². The van der Waals surface area contributed by atoms with E-state index in [2.05, 4.69) is 26.1 Å². The van der Waals surface area contributed by atoms with Crippen molar-refractivity contribution < 1.29 is 18.0 Å². The normalized spacial score (nSPS) is 12.7. The first kappa shape index (κ1) is 27.7. The molecule has 1 atom stereocenters. The molecule has 0 aliphatic rings. The van der Waals surface area contributed by atoms with Gasteiger partial charge in [-0.2, -0.15) is 0 Å². The third-order valence-electron chi connectivity index (χ3n) is 5.52. The lowest BCUT2D eigenvalue weighted by Gasteiger charge is -2.31. The molecule has 0 radical (unpaired) electrons. The second-order valence-corrected chi connectivity index (χ2v) is 11.6. The Labute approximate surface area is 208 Å². The molecule has 2 aromatic rings. The number of carbonyl (C=O) groups excluding carboxylic acids is 2. The van der Waals surface area contributed by atoms with Crippen LogP contribution in [0.5, 0.6) is 0 Å². The van der Waals surface area contributed by atoms with Crippen molar-refractivity contribution in [3.63, 3.8) is 0 Å². The number of likely N-dealkylation sites (N-methyl/N-ethyl adjacent to an activating group) is 1. The van der Waals surface area contributed by atoms with Crippen LogP contribution in [0.4, 0.5) is 5.69 Å². The SMILES string of the molecule is CCNC(=O)C(C)N(Cc1ccccc1Cl)C(=O)CN(c1ccc(C(C)(C)C)cc1)S(C)(=O)=O. The van der Waals surface area contributed by atoms with E-state index in [1.807, 2.05) is 12.1 Å². The molecule has 7 nitrogen and oxygen atoms in total. The van der Waals surface area contributed by atoms with Crippen LogP contribution in [-0.4, -0.2) is 50.5 Å². The van der Waals surface area contributed by atoms with Crippen molar-refractivity contribution in [3.05, 3.63) is 64.7 Å². The zero-order chi connectivity index (χ0) is 25.7. The van der Waals surface area contributed by atoms with Crippen molar-refractivity contribution in [2.24, 2.45) is 0 Å². The van der Waals surface area contributed by atoms with Gasteiger partial charge in [0.1, 0.15) is 12.6 Å². The molecule has 0 heterocycles. The van der Waals surface area contributed by atoms with Gasteiger partial charge in [0.2, 0.25) is 21.8 Å². The first-order valence-electron chi connectivity index (χ1n) is 11.1. The number of benzene rings is 2. The van der Waals surface area contributed by atoms with Crippen LogP contribution in [0.25, 0.3) is 0 Å². The van der Waals surface area contributed by atoms with Crippen LogP contribution in [0.3, 0.4) is 0 Å². The van der Waals surface area contributed by atoms with Gasteiger partial charge < -0.3 is 10.2 Å². The summed E-state index contributed by atoms with van der Waals surface area (Å²) in [5, 5.41) is 3.18. The van der Waals surface area contributed by atoms with Crippen LogP contribution < -0.4 is 9.62 Å². The van der Waals surface area contributed by atoms with Crippen molar-refractivity contribution in [2.45, 2.75) is 52.6 Å². The molecule has 2 rings (SSSR count). The fourth-order valence-electron chi connectivity index (χ4n) is 3.46. The standard InChI is InChI=1S/C25H34ClN3O4S/c1-7-27-24(31)18(2)28(16-19-10-8-9-11-22(19)26)23(30)17-29(34(6,32)33)21-14-12-20(13-15-21)25(3,4)5/h8-15,18H,7,16-17H2,1-6H3,(H,27,31). The summed E-state index contributed by atoms with van der Waals surface area (Å²) in [6.07, 6.45) is 1.06. The fourth-order valence-corrected chi connectivity index (χ4v) is 4.50. The highest BCUT2D eigenvalue weighted by Gasteiger charge is 2.30. The van der Waals surface area contributed by atoms with Gasteiger partial charge in [-0.1, -0.05) is 62.7 Å². The number of hydrogen-bond acceptors (Lipinski definition) is 4. The number of carbonyl (C=O) groups is 2. The van der Waals surface area contributed by atoms with Crippen LogP contribution in [0.1, 0.15) is 45.7 Å². The average Bonchev–Trinajstić information content (AvgIpc) is 2.75. The van der Waals surface area contributed by atoms with E-state index in [0.717, 1.165) is 16.1 Å². The summed E-state index contributed by atoms with van der Waals surface area (Å²) in [5.41, 5.74) is 1.99. The van der Waals surface area contributed by atoms with Crippen molar-refractivity contribution in [3.8, 4) is 0 Å². The van der Waals surface area contributed by atoms with Crippen molar-refractivity contribution in [1.82, 2.24) is 10.2 Å². The largest absolute Gasteiger partial charge is 0.355 e. The average molecular weight is 508 g/mol. The smallest absolute Gasteiger partial charge is 0.244 e. The molecule has 1 N–H and O–H groups in total. The Kier molecular flexibility index (Phi) is 9.14. The van der Waals surface area contributed by atoms with E-state index in [9.17, 15) is 18.0 Å². The van der Waals surface area contributed by atoms with Gasteiger partial charge in [0.15, 0.2) is 0 Å². The maximum Gasteiger partial charge on any atom is 0.244 e. The number of sulfonamides is 1. The number of hydrogen-bond donors (Lipinski definition) is 1. The molecule has 0 bridgehead atoms. The topological polar surface area (TPSA) is 86.8 Å². The molecule has 186 valence electrons. The molecule has 0 saturated heterocycles. The summed E-state index contributed by atoms with van der Waals surface area (Å²) in [4.78, 5) is 27.4. The summed E-state index contributed by atoms with van der Waals surface area (Å²) in [6, 6.07) is 13.3. The third-order valence-corrected chi connectivity index (χ3v) is 7.03. The molecule has 2 amide bonds. The molecule has 0 aliphatic heterocycles. The van der Waals surface area contributed by atoms with Crippen LogP contribution in [0.2, 0.25) is 5.02 Å². The van der Waals surface area contributed by atoms with E-state index >= 15 is 0 Å². The van der Waals surface area contributed by atoms with Gasteiger partial charge in [-0.25, -0.2) is 8.42 Å². The maximum absolute atomic E-state index is 13.5. The monoisotopic (exact) mass is 507 g/mol. The van der Waals surface area contributed by atoms with Crippen LogP contribution >= 0.6 is 11.6 Å². The first-order valence-corrected chi connectivity index (χ1v) is 13.4. The zero-order valence-corrected chi connectivity index (χ0v) is 22.2. The molecule has 0 fully saturated rings. The predicted octanol–water partition coefficient (Wildman–Crippen LogP) is 3.96. The lowest BCUT2D eigenvalue weighted by molar-refractivity contribution is -0.139. The molecule has 9 heteroatoms. The summed E-state index contributed by atoms with van der Waals surface area (Å²) >= 11 is 6.30. The van der Waals surface area contributed by atoms with Crippen LogP contribution in [0.15, 0.2) is 48.5 Å². The molecule has 2 aromatic carbocycles. The summed E-state index contributed by atoms with van der Waals surface area (Å²) in [5.74, 6) is -0.840. The Bertz CT molecular complexity index is 1110. The Hall–Kier alpha value is -2.58. The van der Waals surface area contributed by atoms with E-state index in [-0.39, 0.29) is 17.9 Å². The number of halogens is 1. The van der Waals surface area contributed by atoms with E-state index in [1.165, 1.54) is 4.90 Å². The van der Waals surface area contributed by atoms with Gasteiger partial charge in [0.05, 0.1) is 11.9 Å². The van der Waals surface area contributed by atoms with Gasteiger partial charge in [0.25, 0.3) is 0 Å². The maximum atomic E-state index is 13.5. The first-order chi connectivity index (χ1) is 15.8. The molecule has 0 aliphatic carbocycles. The highest BCUT2D eigenvalue weighted by Crippen LogP contribution is 2.26. The molecule has 1 unspecified atom stereocenters. The molecule has 0 spiro atoms. The highest BCUT2D eigenvalue weighted by molar-refractivity contribution is 7.92. The number of amides is 2. The van der Waals surface area contributed by atoms with Gasteiger partial charge in [-0.05, 0) is 48.6 Å². The third kappa shape index (κ3) is 7.21. The van der Waals surface area contributed by atoms with Gasteiger partial charge in [0, 0.05) is 18.1 Å². The lowest BCUT2D eigenvalue weighted by atomic mass is 9.87. The number of nitrogens with one attached hydrogen (secondary N) is 1. The second kappa shape index (κ2) is 11.2. The van der Waals surface area contributed by atoms with Crippen molar-refractivity contribution in [1.29, 1.82) is 0 Å². The van der Waals surface area contributed by atoms with Gasteiger partial charge in [-0.15, -0.1) is 0 Å². The molecular formula is C25H34ClN3O4S. The quantitative estimate of drug-likeness (QED) is 0.556. The molecule has 0 aromatic heterocycles. The highest BCUT2D eigenvalue weighted by atomic mass is 35.5. The van der Waals surface area contributed by atoms with Gasteiger partial charge >= 0.3 is 0 Å². The Morgan fingerprint density at radius 1 is 1.06 bits per heavy atom. The second-order valence-electron chi connectivity index (χ2n) is 9.25. The van der Waals surface area contributed by atoms with Crippen molar-refractivity contribution in [2.75, 3.05) is 23.7 Å². The minimum absolute atomic E-state index is 0.0668. The minimum Gasteiger partial charge on any atom is -0.355 e. The zero-order valence-electron chi connectivity index (χ0n) is 20.6. The number of rotatable bonds is 9. The summed E-state index contributed by atoms with van der Waals surface area (Å²) in [6.45, 7) is 9.63. The molecule has 34 heavy (non-hydrogen) atoms. The number of anilines is 1. The Morgan fingerprint density at radius 2 is 1.65 bits per heavy atom. The summed E-state index contributed by atoms with van der Waals surface area (Å²) < 4.78 is 26.4. The molecular weight excluding hydrogens is 474 g/mol. The van der Waals surface area contributed by atoms with E-state index < -0.39 is 28.5 Å². The molecule has 0 saturated carbocycles. The van der Waals surface area contributed by atoms with Crippen LogP contribution in [-0.2, 0) is 31.6 Å².